The monoisotopic (exact) mass is 1010 g/mol. The first kappa shape index (κ1) is 52.9. The predicted octanol–water partition coefficient (Wildman–Crippen LogP) is 18.8. The Balaban J connectivity index is 0.954. The summed E-state index contributed by atoms with van der Waals surface area (Å²) in [5.74, 6) is 7.22. The van der Waals surface area contributed by atoms with Gasteiger partial charge in [-0.05, 0) is 196 Å². The third-order valence-electron chi connectivity index (χ3n) is 12.0. The fourth-order valence-electron chi connectivity index (χ4n) is 7.72. The van der Waals surface area contributed by atoms with Gasteiger partial charge in [0.2, 0.25) is 0 Å². The third kappa shape index (κ3) is 16.3. The van der Waals surface area contributed by atoms with Crippen molar-refractivity contribution < 1.29 is 33.2 Å². The van der Waals surface area contributed by atoms with Crippen LogP contribution in [0, 0.1) is 0 Å². The van der Waals surface area contributed by atoms with Crippen molar-refractivity contribution in [3.63, 3.8) is 0 Å². The van der Waals surface area contributed by atoms with Crippen LogP contribution in [-0.2, 0) is 0 Å². The van der Waals surface area contributed by atoms with Gasteiger partial charge in [0, 0.05) is 22.7 Å². The molecule has 8 rings (SSSR count). The van der Waals surface area contributed by atoms with Crippen LogP contribution >= 0.6 is 0 Å². The van der Waals surface area contributed by atoms with Crippen molar-refractivity contribution in [2.45, 2.75) is 79.1 Å². The van der Waals surface area contributed by atoms with Gasteiger partial charge in [-0.25, -0.2) is 0 Å². The van der Waals surface area contributed by atoms with Crippen LogP contribution in [-0.4, -0.2) is 26.4 Å². The van der Waals surface area contributed by atoms with Crippen molar-refractivity contribution in [1.82, 2.24) is 0 Å². The van der Waals surface area contributed by atoms with E-state index in [1.54, 1.807) is 0 Å². The van der Waals surface area contributed by atoms with Gasteiger partial charge in [-0.2, -0.15) is 0 Å². The standard InChI is InChI=1S/C64H70N4O7/c1-5-9-43-69-51-27-19-47(20-28-51)65-59-15-13-17-61(63(59)67-49-23-31-53(32-24-49)71-45-11-7-3)74-57-39-35-55(36-40-57)73-56-37-41-58(42-38-56)75-62-18-14-16-60(66-48-21-29-52(30-22-48)70-44-10-6-2)64(62)68-50-25-33-54(34-26-50)72-46-12-8-4/h13-42,65-68H,5-12,43-46H2,1-4H3. The summed E-state index contributed by atoms with van der Waals surface area (Å²) in [5.41, 5.74) is 6.83. The molecule has 0 fully saturated rings. The number of rotatable bonds is 30. The van der Waals surface area contributed by atoms with Crippen LogP contribution in [0.15, 0.2) is 182 Å². The van der Waals surface area contributed by atoms with Gasteiger partial charge in [-0.1, -0.05) is 65.5 Å². The molecule has 8 aromatic rings. The minimum Gasteiger partial charge on any atom is -0.494 e. The number of anilines is 8. The molecule has 0 spiro atoms. The molecule has 0 saturated heterocycles. The van der Waals surface area contributed by atoms with Gasteiger partial charge in [-0.3, -0.25) is 0 Å². The molecule has 75 heavy (non-hydrogen) atoms. The first-order valence-electron chi connectivity index (χ1n) is 26.4. The summed E-state index contributed by atoms with van der Waals surface area (Å²) in [6, 6.07) is 59.1. The number of benzene rings is 8. The molecule has 8 aromatic carbocycles. The molecule has 0 aliphatic carbocycles. The van der Waals surface area contributed by atoms with Gasteiger partial charge < -0.3 is 54.4 Å². The summed E-state index contributed by atoms with van der Waals surface area (Å²) in [4.78, 5) is 0. The Bertz CT molecular complexity index is 2730. The van der Waals surface area contributed by atoms with Gasteiger partial charge in [-0.15, -0.1) is 0 Å². The lowest BCUT2D eigenvalue weighted by Crippen LogP contribution is -2.01. The van der Waals surface area contributed by atoms with E-state index < -0.39 is 0 Å². The van der Waals surface area contributed by atoms with Gasteiger partial charge in [0.25, 0.3) is 0 Å². The molecule has 0 aromatic heterocycles. The minimum atomic E-state index is 0.638. The molecular weight excluding hydrogens is 937 g/mol. The van der Waals surface area contributed by atoms with E-state index in [4.69, 9.17) is 33.2 Å². The van der Waals surface area contributed by atoms with Crippen LogP contribution < -0.4 is 54.4 Å². The Morgan fingerprint density at radius 1 is 0.267 bits per heavy atom. The largest absolute Gasteiger partial charge is 0.494 e. The van der Waals surface area contributed by atoms with Crippen molar-refractivity contribution in [3.8, 4) is 57.5 Å². The van der Waals surface area contributed by atoms with Crippen molar-refractivity contribution in [2.24, 2.45) is 0 Å². The summed E-state index contributed by atoms with van der Waals surface area (Å²) in [5, 5.41) is 14.4. The lowest BCUT2D eigenvalue weighted by molar-refractivity contribution is 0.309. The molecule has 388 valence electrons. The second kappa shape index (κ2) is 28.1. The van der Waals surface area contributed by atoms with Gasteiger partial charge in [0.05, 0.1) is 37.8 Å². The Morgan fingerprint density at radius 2 is 0.520 bits per heavy atom. The average molecular weight is 1010 g/mol. The average Bonchev–Trinajstić information content (AvgIpc) is 3.43. The van der Waals surface area contributed by atoms with Crippen LogP contribution in [0.5, 0.6) is 57.5 Å². The highest BCUT2D eigenvalue weighted by molar-refractivity contribution is 5.85. The van der Waals surface area contributed by atoms with Crippen molar-refractivity contribution in [3.05, 3.63) is 182 Å². The van der Waals surface area contributed by atoms with Crippen LogP contribution in [0.3, 0.4) is 0 Å². The molecule has 0 bridgehead atoms. The first-order chi connectivity index (χ1) is 36.9. The van der Waals surface area contributed by atoms with E-state index in [2.05, 4.69) is 49.0 Å². The van der Waals surface area contributed by atoms with E-state index >= 15 is 0 Å². The van der Waals surface area contributed by atoms with E-state index in [0.29, 0.717) is 60.9 Å². The van der Waals surface area contributed by atoms with Gasteiger partial charge >= 0.3 is 0 Å². The number of hydrogen-bond donors (Lipinski definition) is 4. The Morgan fingerprint density at radius 3 is 0.800 bits per heavy atom. The Kier molecular flexibility index (Phi) is 19.8. The molecule has 0 aliphatic heterocycles. The van der Waals surface area contributed by atoms with E-state index in [9.17, 15) is 0 Å². The summed E-state index contributed by atoms with van der Waals surface area (Å²) in [6.45, 7) is 11.4. The highest BCUT2D eigenvalue weighted by atomic mass is 16.5. The zero-order valence-electron chi connectivity index (χ0n) is 43.7. The van der Waals surface area contributed by atoms with Crippen molar-refractivity contribution in [1.29, 1.82) is 0 Å². The molecule has 0 unspecified atom stereocenters. The lowest BCUT2D eigenvalue weighted by atomic mass is 10.2. The van der Waals surface area contributed by atoms with Gasteiger partial charge in [0.15, 0.2) is 11.5 Å². The molecule has 0 heterocycles. The van der Waals surface area contributed by atoms with Crippen molar-refractivity contribution >= 4 is 45.5 Å². The molecule has 0 atom stereocenters. The molecule has 11 nitrogen and oxygen atoms in total. The maximum Gasteiger partial charge on any atom is 0.153 e. The number of unbranched alkanes of at least 4 members (excludes halogenated alkanes) is 4. The molecule has 0 saturated carbocycles. The topological polar surface area (TPSA) is 113 Å². The second-order valence-corrected chi connectivity index (χ2v) is 18.0. The smallest absolute Gasteiger partial charge is 0.153 e. The van der Waals surface area contributed by atoms with E-state index in [1.807, 2.05) is 182 Å². The normalized spacial score (nSPS) is 10.8. The number of para-hydroxylation sites is 2. The number of hydrogen-bond acceptors (Lipinski definition) is 11. The Labute approximate surface area is 443 Å². The third-order valence-corrected chi connectivity index (χ3v) is 12.0. The quantitative estimate of drug-likeness (QED) is 0.0323. The van der Waals surface area contributed by atoms with E-state index in [1.165, 1.54) is 0 Å². The highest BCUT2D eigenvalue weighted by Crippen LogP contribution is 2.42. The first-order valence-corrected chi connectivity index (χ1v) is 26.4. The van der Waals surface area contributed by atoms with Crippen LogP contribution in [0.2, 0.25) is 0 Å². The highest BCUT2D eigenvalue weighted by Gasteiger charge is 2.15. The summed E-state index contributed by atoms with van der Waals surface area (Å²) in [7, 11) is 0. The molecule has 11 heteroatoms. The van der Waals surface area contributed by atoms with Crippen LogP contribution in [0.4, 0.5) is 45.5 Å². The zero-order chi connectivity index (χ0) is 51.9. The van der Waals surface area contributed by atoms with Crippen LogP contribution in [0.1, 0.15) is 79.1 Å². The number of ether oxygens (including phenoxy) is 7. The van der Waals surface area contributed by atoms with Crippen molar-refractivity contribution in [2.75, 3.05) is 47.7 Å². The molecule has 4 N–H and O–H groups in total. The molecule has 0 aliphatic rings. The number of nitrogens with one attached hydrogen (secondary N) is 4. The fraction of sp³-hybridized carbons (Fsp3) is 0.250. The lowest BCUT2D eigenvalue weighted by Gasteiger charge is -2.19. The summed E-state index contributed by atoms with van der Waals surface area (Å²) >= 11 is 0. The minimum absolute atomic E-state index is 0.638. The Hall–Kier alpha value is -8.44. The van der Waals surface area contributed by atoms with Gasteiger partial charge in [0.1, 0.15) is 57.4 Å². The SMILES string of the molecule is CCCCOc1ccc(Nc2cccc(Oc3ccc(Oc4ccc(Oc5cccc(Nc6ccc(OCCCC)cc6)c5Nc5ccc(OCCCC)cc5)cc4)cc3)c2Nc2ccc(OCCCC)cc2)cc1. The molecule has 0 amide bonds. The second-order valence-electron chi connectivity index (χ2n) is 18.0. The fourth-order valence-corrected chi connectivity index (χ4v) is 7.72. The zero-order valence-corrected chi connectivity index (χ0v) is 43.7. The van der Waals surface area contributed by atoms with Crippen LogP contribution in [0.25, 0.3) is 0 Å². The summed E-state index contributed by atoms with van der Waals surface area (Å²) < 4.78 is 43.2. The maximum atomic E-state index is 6.59. The van der Waals surface area contributed by atoms with E-state index in [0.717, 1.165) is 120 Å². The van der Waals surface area contributed by atoms with E-state index in [-0.39, 0.29) is 0 Å². The molecular formula is C64H70N4O7. The maximum absolute atomic E-state index is 6.59. The summed E-state index contributed by atoms with van der Waals surface area (Å²) in [6.07, 6.45) is 8.39. The predicted molar refractivity (Wildman–Crippen MR) is 307 cm³/mol. The molecule has 0 radical (unpaired) electrons.